The number of carbonyl (C=O) groups excluding carboxylic acids is 1. The van der Waals surface area contributed by atoms with Gasteiger partial charge in [-0.3, -0.25) is 4.79 Å². The van der Waals surface area contributed by atoms with E-state index in [4.69, 9.17) is 14.2 Å². The third kappa shape index (κ3) is 3.43. The molecule has 0 unspecified atom stereocenters. The number of nitrogens with zero attached hydrogens (tertiary/aromatic N) is 4. The number of allylic oxidation sites excluding steroid dienone is 2. The van der Waals surface area contributed by atoms with E-state index < -0.39 is 6.04 Å². The zero-order valence-corrected chi connectivity index (χ0v) is 18.4. The average Bonchev–Trinajstić information content (AvgIpc) is 3.31. The Morgan fingerprint density at radius 3 is 2.33 bits per heavy atom. The normalized spacial score (nSPS) is 19.4. The third-order valence-electron chi connectivity index (χ3n) is 6.19. The van der Waals surface area contributed by atoms with Crippen molar-refractivity contribution in [3.05, 3.63) is 58.8 Å². The van der Waals surface area contributed by atoms with Crippen LogP contribution in [-0.4, -0.2) is 52.4 Å². The van der Waals surface area contributed by atoms with Crippen molar-refractivity contribution in [2.24, 2.45) is 0 Å². The highest BCUT2D eigenvalue weighted by atomic mass is 16.5. The highest BCUT2D eigenvalue weighted by Crippen LogP contribution is 2.46. The van der Waals surface area contributed by atoms with Gasteiger partial charge in [0.05, 0.1) is 21.3 Å². The second kappa shape index (κ2) is 8.12. The van der Waals surface area contributed by atoms with Gasteiger partial charge in [0.2, 0.25) is 11.7 Å². The summed E-state index contributed by atoms with van der Waals surface area (Å²) in [7, 11) is 4.54. The summed E-state index contributed by atoms with van der Waals surface area (Å²) >= 11 is 0. The Labute approximate surface area is 189 Å². The van der Waals surface area contributed by atoms with Gasteiger partial charge in [-0.1, -0.05) is 17.2 Å². The highest BCUT2D eigenvalue weighted by molar-refractivity contribution is 6.00. The van der Waals surface area contributed by atoms with Gasteiger partial charge in [-0.25, -0.2) is 0 Å². The predicted octanol–water partition coefficient (Wildman–Crippen LogP) is 2.82. The van der Waals surface area contributed by atoms with E-state index >= 15 is 0 Å². The maximum Gasteiger partial charge on any atom is 0.248 e. The summed E-state index contributed by atoms with van der Waals surface area (Å²) < 4.78 is 17.5. The minimum Gasteiger partial charge on any atom is -0.502 e. The summed E-state index contributed by atoms with van der Waals surface area (Å²) in [6.07, 6.45) is 0.982. The van der Waals surface area contributed by atoms with E-state index in [-0.39, 0.29) is 28.9 Å². The molecule has 2 aliphatic rings. The van der Waals surface area contributed by atoms with Crippen LogP contribution in [0.3, 0.4) is 0 Å². The summed E-state index contributed by atoms with van der Waals surface area (Å²) in [5.41, 5.74) is 3.10. The number of phenolic OH excluding ortho intramolecular Hbond substituents is 1. The molecule has 0 saturated heterocycles. The van der Waals surface area contributed by atoms with Gasteiger partial charge < -0.3 is 24.6 Å². The number of anilines is 1. The van der Waals surface area contributed by atoms with Crippen LogP contribution in [0.4, 0.5) is 5.95 Å². The fourth-order valence-corrected chi connectivity index (χ4v) is 4.56. The van der Waals surface area contributed by atoms with Crippen molar-refractivity contribution in [2.45, 2.75) is 24.8 Å². The first-order valence-electron chi connectivity index (χ1n) is 10.4. The monoisotopic (exact) mass is 449 g/mol. The molecule has 2 atom stereocenters. The number of Topliss-reactive ketones (excluding diaryl/α,β-unsaturated/α-hetero) is 1. The van der Waals surface area contributed by atoms with Crippen LogP contribution >= 0.6 is 0 Å². The van der Waals surface area contributed by atoms with E-state index in [2.05, 4.69) is 20.8 Å². The van der Waals surface area contributed by atoms with Gasteiger partial charge in [0, 0.05) is 17.7 Å². The van der Waals surface area contributed by atoms with Gasteiger partial charge in [-0.05, 0) is 58.2 Å². The standard InChI is InChI=1S/C23H23N5O5/c1-31-15-6-4-12(5-7-15)13-8-16-20(17(29)9-13)21(28-23(24-16)25-26-27-28)14-10-18(32-2)22(30)19(11-14)33-3/h4-7,10-11,13,21,30H,8-9H2,1-3H3,(H,24,25,27)/t13-,21-/m1/s1. The summed E-state index contributed by atoms with van der Waals surface area (Å²) in [6, 6.07) is 10.5. The molecule has 10 heteroatoms. The minimum absolute atomic E-state index is 0.00160. The zero-order chi connectivity index (χ0) is 23.1. The number of carbonyl (C=O) groups is 1. The number of hydrogen-bond acceptors (Lipinski definition) is 9. The molecular formula is C23H23N5O5. The molecule has 1 aliphatic carbocycles. The Balaban J connectivity index is 1.59. The number of aromatic nitrogens is 4. The number of fused-ring (bicyclic) bond motifs is 1. The molecule has 1 aliphatic heterocycles. The number of ketones is 1. The fourth-order valence-electron chi connectivity index (χ4n) is 4.56. The molecule has 33 heavy (non-hydrogen) atoms. The molecule has 0 amide bonds. The Morgan fingerprint density at radius 2 is 1.70 bits per heavy atom. The smallest absolute Gasteiger partial charge is 0.248 e. The highest BCUT2D eigenvalue weighted by Gasteiger charge is 2.40. The molecule has 0 radical (unpaired) electrons. The number of aromatic hydroxyl groups is 1. The van der Waals surface area contributed by atoms with Crippen molar-refractivity contribution in [2.75, 3.05) is 26.6 Å². The molecule has 2 aromatic carbocycles. The van der Waals surface area contributed by atoms with Crippen LogP contribution in [0.1, 0.15) is 35.9 Å². The van der Waals surface area contributed by atoms with Crippen molar-refractivity contribution in [1.29, 1.82) is 0 Å². The molecule has 0 fully saturated rings. The molecule has 0 spiro atoms. The third-order valence-corrected chi connectivity index (χ3v) is 6.19. The van der Waals surface area contributed by atoms with E-state index in [9.17, 15) is 9.90 Å². The van der Waals surface area contributed by atoms with Crippen LogP contribution in [0.5, 0.6) is 23.0 Å². The summed E-state index contributed by atoms with van der Waals surface area (Å²) in [6.45, 7) is 0. The van der Waals surface area contributed by atoms with E-state index in [0.717, 1.165) is 17.0 Å². The van der Waals surface area contributed by atoms with Crippen molar-refractivity contribution in [3.63, 3.8) is 0 Å². The molecule has 5 rings (SSSR count). The number of rotatable bonds is 5. The molecule has 0 bridgehead atoms. The van der Waals surface area contributed by atoms with Crippen molar-refractivity contribution in [1.82, 2.24) is 20.2 Å². The number of hydrogen-bond donors (Lipinski definition) is 2. The SMILES string of the molecule is COc1ccc([C@H]2CC(=O)C3=C(C2)Nc2nnnn2[C@@H]3c2cc(OC)c(O)c(OC)c2)cc1. The van der Waals surface area contributed by atoms with E-state index in [0.29, 0.717) is 29.9 Å². The van der Waals surface area contributed by atoms with E-state index in [1.807, 2.05) is 24.3 Å². The van der Waals surface area contributed by atoms with Gasteiger partial charge in [-0.2, -0.15) is 4.68 Å². The lowest BCUT2D eigenvalue weighted by atomic mass is 9.78. The topological polar surface area (TPSA) is 121 Å². The van der Waals surface area contributed by atoms with Crippen LogP contribution in [0.25, 0.3) is 0 Å². The maximum atomic E-state index is 13.5. The molecule has 10 nitrogen and oxygen atoms in total. The number of phenols is 1. The molecule has 1 aromatic heterocycles. The average molecular weight is 449 g/mol. The van der Waals surface area contributed by atoms with E-state index in [1.165, 1.54) is 14.2 Å². The van der Waals surface area contributed by atoms with Crippen molar-refractivity contribution >= 4 is 11.7 Å². The van der Waals surface area contributed by atoms with Crippen LogP contribution in [0.2, 0.25) is 0 Å². The van der Waals surface area contributed by atoms with Gasteiger partial charge in [0.15, 0.2) is 17.3 Å². The quantitative estimate of drug-likeness (QED) is 0.606. The molecule has 2 heterocycles. The first-order valence-corrected chi connectivity index (χ1v) is 10.4. The van der Waals surface area contributed by atoms with Crippen molar-refractivity contribution in [3.8, 4) is 23.0 Å². The number of methoxy groups -OCH3 is 3. The lowest BCUT2D eigenvalue weighted by molar-refractivity contribution is -0.116. The van der Waals surface area contributed by atoms with Crippen LogP contribution in [0, 0.1) is 0 Å². The number of ether oxygens (including phenoxy) is 3. The zero-order valence-electron chi connectivity index (χ0n) is 18.4. The maximum absolute atomic E-state index is 13.5. The lowest BCUT2D eigenvalue weighted by Gasteiger charge is -2.34. The summed E-state index contributed by atoms with van der Waals surface area (Å²) in [5.74, 6) is 1.58. The van der Waals surface area contributed by atoms with Crippen molar-refractivity contribution < 1.29 is 24.1 Å². The fraction of sp³-hybridized carbons (Fsp3) is 0.304. The Kier molecular flexibility index (Phi) is 5.12. The van der Waals surface area contributed by atoms with Gasteiger partial charge >= 0.3 is 0 Å². The van der Waals surface area contributed by atoms with Gasteiger partial charge in [-0.15, -0.1) is 0 Å². The Bertz CT molecular complexity index is 1230. The molecule has 2 N–H and O–H groups in total. The first kappa shape index (κ1) is 20.8. The van der Waals surface area contributed by atoms with Gasteiger partial charge in [0.1, 0.15) is 11.8 Å². The molecule has 0 saturated carbocycles. The Morgan fingerprint density at radius 1 is 1.00 bits per heavy atom. The summed E-state index contributed by atoms with van der Waals surface area (Å²) in [5, 5.41) is 25.6. The van der Waals surface area contributed by atoms with Gasteiger partial charge in [0.25, 0.3) is 0 Å². The van der Waals surface area contributed by atoms with Crippen LogP contribution in [-0.2, 0) is 4.79 Å². The van der Waals surface area contributed by atoms with Crippen LogP contribution in [0.15, 0.2) is 47.7 Å². The second-order valence-corrected chi connectivity index (χ2v) is 7.94. The summed E-state index contributed by atoms with van der Waals surface area (Å²) in [4.78, 5) is 13.5. The first-order chi connectivity index (χ1) is 16.0. The van der Waals surface area contributed by atoms with Crippen LogP contribution < -0.4 is 19.5 Å². The van der Waals surface area contributed by atoms with E-state index in [1.54, 1.807) is 23.9 Å². The largest absolute Gasteiger partial charge is 0.502 e. The number of tetrazole rings is 1. The molecular weight excluding hydrogens is 426 g/mol. The second-order valence-electron chi connectivity index (χ2n) is 7.94. The predicted molar refractivity (Wildman–Crippen MR) is 118 cm³/mol. The molecule has 170 valence electrons. The lowest BCUT2D eigenvalue weighted by Crippen LogP contribution is -2.33. The molecule has 3 aromatic rings. The number of benzene rings is 2. The minimum atomic E-state index is -0.584. The number of nitrogens with one attached hydrogen (secondary N) is 1. The Hall–Kier alpha value is -4.08.